The van der Waals surface area contributed by atoms with Gasteiger partial charge in [0.05, 0.1) is 18.5 Å². The Morgan fingerprint density at radius 2 is 2.05 bits per heavy atom. The van der Waals surface area contributed by atoms with Crippen molar-refractivity contribution in [2.45, 2.75) is 6.42 Å². The van der Waals surface area contributed by atoms with Gasteiger partial charge in [0.25, 0.3) is 0 Å². The van der Waals surface area contributed by atoms with Crippen LogP contribution in [0.25, 0.3) is 0 Å². The Kier molecular flexibility index (Phi) is 4.80. The second-order valence-corrected chi connectivity index (χ2v) is 4.22. The lowest BCUT2D eigenvalue weighted by Crippen LogP contribution is -2.10. The molecule has 0 radical (unpaired) electrons. The molecule has 5 nitrogen and oxygen atoms in total. The van der Waals surface area contributed by atoms with Gasteiger partial charge in [-0.15, -0.1) is 0 Å². The van der Waals surface area contributed by atoms with Gasteiger partial charge < -0.3 is 15.8 Å². The van der Waals surface area contributed by atoms with E-state index < -0.39 is 0 Å². The summed E-state index contributed by atoms with van der Waals surface area (Å²) in [6, 6.07) is 9.69. The second kappa shape index (κ2) is 6.80. The lowest BCUT2D eigenvalue weighted by Gasteiger charge is -2.09. The third kappa shape index (κ3) is 4.30. The largest absolute Gasteiger partial charge is 0.494 e. The first kappa shape index (κ1) is 13.4. The number of nitrogens with two attached hydrogens (primary N) is 1. The number of rotatable bonds is 6. The van der Waals surface area contributed by atoms with E-state index >= 15 is 0 Å². The van der Waals surface area contributed by atoms with E-state index in [-0.39, 0.29) is 5.28 Å². The minimum absolute atomic E-state index is 0.178. The molecule has 3 N–H and O–H groups in total. The predicted molar refractivity (Wildman–Crippen MR) is 76.5 cm³/mol. The van der Waals surface area contributed by atoms with Crippen LogP contribution in [0.5, 0.6) is 5.75 Å². The number of halogens is 1. The van der Waals surface area contributed by atoms with Crippen molar-refractivity contribution in [1.29, 1.82) is 0 Å². The van der Waals surface area contributed by atoms with E-state index in [1.165, 1.54) is 6.20 Å². The Bertz CT molecular complexity index is 521. The number of hydrogen-bond donors (Lipinski definition) is 2. The molecule has 1 heterocycles. The van der Waals surface area contributed by atoms with Gasteiger partial charge in [-0.1, -0.05) is 18.2 Å². The van der Waals surface area contributed by atoms with Crippen LogP contribution in [-0.4, -0.2) is 23.1 Å². The maximum Gasteiger partial charge on any atom is 0.224 e. The van der Waals surface area contributed by atoms with Gasteiger partial charge in [0.1, 0.15) is 5.75 Å². The van der Waals surface area contributed by atoms with Gasteiger partial charge in [-0.25, -0.2) is 4.98 Å². The summed E-state index contributed by atoms with van der Waals surface area (Å²) in [5.74, 6) is 1.42. The number of benzene rings is 1. The second-order valence-electron chi connectivity index (χ2n) is 3.88. The molecule has 0 atom stereocenters. The molecule has 1 aromatic carbocycles. The van der Waals surface area contributed by atoms with E-state index in [2.05, 4.69) is 15.3 Å². The van der Waals surface area contributed by atoms with Gasteiger partial charge >= 0.3 is 0 Å². The summed E-state index contributed by atoms with van der Waals surface area (Å²) in [6.45, 7) is 1.32. The lowest BCUT2D eigenvalue weighted by molar-refractivity contribution is 0.315. The number of nitrogen functional groups attached to an aromatic ring is 1. The maximum atomic E-state index is 5.72. The van der Waals surface area contributed by atoms with Crippen molar-refractivity contribution in [2.75, 3.05) is 24.2 Å². The molecular weight excluding hydrogens is 264 g/mol. The van der Waals surface area contributed by atoms with Crippen molar-refractivity contribution in [3.8, 4) is 5.75 Å². The Hall–Kier alpha value is -2.01. The van der Waals surface area contributed by atoms with Crippen molar-refractivity contribution in [1.82, 2.24) is 9.97 Å². The smallest absolute Gasteiger partial charge is 0.224 e. The first-order chi connectivity index (χ1) is 9.25. The maximum absolute atomic E-state index is 5.72. The fourth-order valence-electron chi connectivity index (χ4n) is 1.50. The van der Waals surface area contributed by atoms with Gasteiger partial charge in [0.2, 0.25) is 5.28 Å². The highest BCUT2D eigenvalue weighted by atomic mass is 35.5. The molecule has 0 fully saturated rings. The highest BCUT2D eigenvalue weighted by Crippen LogP contribution is 2.15. The third-order valence-corrected chi connectivity index (χ3v) is 2.60. The molecule has 0 unspecified atom stereocenters. The highest BCUT2D eigenvalue weighted by Gasteiger charge is 2.02. The van der Waals surface area contributed by atoms with Gasteiger partial charge in [-0.05, 0) is 30.2 Å². The molecule has 0 amide bonds. The Labute approximate surface area is 116 Å². The van der Waals surface area contributed by atoms with Crippen molar-refractivity contribution in [3.05, 3.63) is 41.8 Å². The van der Waals surface area contributed by atoms with Crippen molar-refractivity contribution >= 4 is 23.1 Å². The molecular formula is C13H15ClN4O. The molecule has 0 bridgehead atoms. The average Bonchev–Trinajstić information content (AvgIpc) is 2.43. The topological polar surface area (TPSA) is 73.1 Å². The lowest BCUT2D eigenvalue weighted by atomic mass is 10.3. The van der Waals surface area contributed by atoms with Crippen LogP contribution in [0.2, 0.25) is 5.28 Å². The zero-order valence-corrected chi connectivity index (χ0v) is 11.1. The quantitative estimate of drug-likeness (QED) is 0.628. The molecule has 0 saturated heterocycles. The minimum atomic E-state index is 0.178. The summed E-state index contributed by atoms with van der Waals surface area (Å²) in [5.41, 5.74) is 6.20. The molecule has 0 saturated carbocycles. The number of para-hydroxylation sites is 1. The molecule has 1 aromatic heterocycles. The number of aromatic nitrogens is 2. The molecule has 100 valence electrons. The average molecular weight is 279 g/mol. The molecule has 19 heavy (non-hydrogen) atoms. The molecule has 0 aliphatic carbocycles. The number of nitrogens with zero attached hydrogens (tertiary/aromatic N) is 2. The molecule has 0 aliphatic heterocycles. The van der Waals surface area contributed by atoms with E-state index in [4.69, 9.17) is 22.1 Å². The van der Waals surface area contributed by atoms with Crippen molar-refractivity contribution < 1.29 is 4.74 Å². The number of nitrogens with one attached hydrogen (secondary N) is 1. The first-order valence-electron chi connectivity index (χ1n) is 5.95. The van der Waals surface area contributed by atoms with E-state index in [0.717, 1.165) is 12.2 Å². The Morgan fingerprint density at radius 3 is 2.84 bits per heavy atom. The Balaban J connectivity index is 1.71. The summed E-state index contributed by atoms with van der Waals surface area (Å²) >= 11 is 5.69. The van der Waals surface area contributed by atoms with Gasteiger partial charge in [0.15, 0.2) is 5.82 Å². The summed E-state index contributed by atoms with van der Waals surface area (Å²) in [7, 11) is 0. The molecule has 0 spiro atoms. The third-order valence-electron chi connectivity index (χ3n) is 2.41. The molecule has 2 aromatic rings. The van der Waals surface area contributed by atoms with Crippen LogP contribution < -0.4 is 15.8 Å². The fraction of sp³-hybridized carbons (Fsp3) is 0.231. The zero-order valence-electron chi connectivity index (χ0n) is 10.3. The van der Waals surface area contributed by atoms with Gasteiger partial charge in [-0.3, -0.25) is 0 Å². The van der Waals surface area contributed by atoms with E-state index in [1.54, 1.807) is 0 Å². The van der Waals surface area contributed by atoms with E-state index in [0.29, 0.717) is 24.7 Å². The number of ether oxygens (including phenoxy) is 1. The normalized spacial score (nSPS) is 10.2. The van der Waals surface area contributed by atoms with Crippen LogP contribution in [0.3, 0.4) is 0 Å². The standard InChI is InChI=1S/C13H15ClN4O/c14-13-17-9-11(15)12(18-13)16-7-4-8-19-10-5-2-1-3-6-10/h1-3,5-6,9H,4,7-8,15H2,(H,16,17,18). The van der Waals surface area contributed by atoms with Crippen LogP contribution in [-0.2, 0) is 0 Å². The number of anilines is 2. The van der Waals surface area contributed by atoms with Crippen LogP contribution in [0.15, 0.2) is 36.5 Å². The van der Waals surface area contributed by atoms with Crippen molar-refractivity contribution in [2.24, 2.45) is 0 Å². The fourth-order valence-corrected chi connectivity index (χ4v) is 1.63. The van der Waals surface area contributed by atoms with Gasteiger partial charge in [0, 0.05) is 6.54 Å². The SMILES string of the molecule is Nc1cnc(Cl)nc1NCCCOc1ccccc1. The highest BCUT2D eigenvalue weighted by molar-refractivity contribution is 6.28. The predicted octanol–water partition coefficient (Wildman–Crippen LogP) is 2.59. The van der Waals surface area contributed by atoms with Crippen LogP contribution in [0, 0.1) is 0 Å². The minimum Gasteiger partial charge on any atom is -0.494 e. The zero-order chi connectivity index (χ0) is 13.5. The molecule has 2 rings (SSSR count). The van der Waals surface area contributed by atoms with E-state index in [1.807, 2.05) is 30.3 Å². The summed E-state index contributed by atoms with van der Waals surface area (Å²) in [5, 5.41) is 3.28. The summed E-state index contributed by atoms with van der Waals surface area (Å²) < 4.78 is 5.57. The monoisotopic (exact) mass is 278 g/mol. The van der Waals surface area contributed by atoms with Crippen molar-refractivity contribution in [3.63, 3.8) is 0 Å². The molecule has 0 aliphatic rings. The van der Waals surface area contributed by atoms with Crippen LogP contribution in [0.4, 0.5) is 11.5 Å². The first-order valence-corrected chi connectivity index (χ1v) is 6.33. The summed E-state index contributed by atoms with van der Waals surface area (Å²) in [4.78, 5) is 7.79. The Morgan fingerprint density at radius 1 is 1.26 bits per heavy atom. The molecule has 6 heteroatoms. The van der Waals surface area contributed by atoms with Gasteiger partial charge in [-0.2, -0.15) is 4.98 Å². The van der Waals surface area contributed by atoms with Crippen LogP contribution in [0.1, 0.15) is 6.42 Å². The number of hydrogen-bond acceptors (Lipinski definition) is 5. The summed E-state index contributed by atoms with van der Waals surface area (Å²) in [6.07, 6.45) is 2.31. The van der Waals surface area contributed by atoms with Crippen LogP contribution >= 0.6 is 11.6 Å². The van der Waals surface area contributed by atoms with E-state index in [9.17, 15) is 0 Å².